The van der Waals surface area contributed by atoms with E-state index in [0.717, 1.165) is 18.6 Å². The topological polar surface area (TPSA) is 109 Å². The number of hydrogen-bond acceptors (Lipinski definition) is 8. The Labute approximate surface area is 223 Å². The molecule has 4 N–H and O–H groups in total. The first-order valence-electron chi connectivity index (χ1n) is 11.8. The van der Waals surface area contributed by atoms with Crippen molar-refractivity contribution < 1.29 is 27.0 Å². The Morgan fingerprint density at radius 3 is 2.71 bits per heavy atom. The van der Waals surface area contributed by atoms with Crippen molar-refractivity contribution in [2.24, 2.45) is 0 Å². The summed E-state index contributed by atoms with van der Waals surface area (Å²) in [7, 11) is 0.676. The molecular formula is C24H28ClF4N6O2P. The molecule has 4 rings (SSSR count). The molecule has 38 heavy (non-hydrogen) atoms. The molecule has 0 saturated carbocycles. The van der Waals surface area contributed by atoms with Gasteiger partial charge in [-0.05, 0) is 31.9 Å². The summed E-state index contributed by atoms with van der Waals surface area (Å²) in [5.74, 6) is -0.673. The van der Waals surface area contributed by atoms with Gasteiger partial charge in [0, 0.05) is 30.6 Å². The van der Waals surface area contributed by atoms with E-state index in [1.165, 1.54) is 7.11 Å². The summed E-state index contributed by atoms with van der Waals surface area (Å²) < 4.78 is 67.3. The van der Waals surface area contributed by atoms with Crippen molar-refractivity contribution in [1.29, 1.82) is 5.41 Å². The number of alkyl halides is 3. The molecule has 1 aromatic heterocycles. The van der Waals surface area contributed by atoms with Gasteiger partial charge in [0.2, 0.25) is 0 Å². The fourth-order valence-electron chi connectivity index (χ4n) is 4.44. The van der Waals surface area contributed by atoms with Crippen molar-refractivity contribution in [3.63, 3.8) is 0 Å². The van der Waals surface area contributed by atoms with Crippen LogP contribution in [0.25, 0.3) is 0 Å². The molecule has 0 radical (unpaired) electrons. The number of nitrogens with zero attached hydrogens (tertiary/aromatic N) is 3. The zero-order valence-electron chi connectivity index (χ0n) is 21.0. The van der Waals surface area contributed by atoms with E-state index in [1.807, 2.05) is 18.2 Å². The van der Waals surface area contributed by atoms with Crippen LogP contribution in [0.4, 0.5) is 29.1 Å². The number of halogens is 5. The lowest BCUT2D eigenvalue weighted by molar-refractivity contribution is -0.140. The molecule has 0 bridgehead atoms. The highest BCUT2D eigenvalue weighted by atomic mass is 35.5. The molecule has 14 heteroatoms. The van der Waals surface area contributed by atoms with Gasteiger partial charge >= 0.3 is 12.2 Å². The maximum absolute atomic E-state index is 14.9. The van der Waals surface area contributed by atoms with Crippen molar-refractivity contribution in [2.45, 2.75) is 31.7 Å². The number of nitrogens with two attached hydrogens (primary N) is 1. The van der Waals surface area contributed by atoms with Gasteiger partial charge in [0.15, 0.2) is 5.82 Å². The quantitative estimate of drug-likeness (QED) is 0.199. The molecule has 1 saturated heterocycles. The van der Waals surface area contributed by atoms with Gasteiger partial charge in [0.05, 0.1) is 59.5 Å². The van der Waals surface area contributed by atoms with Gasteiger partial charge < -0.3 is 25.4 Å². The van der Waals surface area contributed by atoms with Crippen LogP contribution in [0, 0.1) is 11.2 Å². The Hall–Kier alpha value is -2.69. The maximum atomic E-state index is 14.9. The first-order chi connectivity index (χ1) is 17.9. The molecule has 3 heterocycles. The molecule has 2 aliphatic heterocycles. The summed E-state index contributed by atoms with van der Waals surface area (Å²) in [6.45, 7) is 5.29. The zero-order chi connectivity index (χ0) is 27.8. The van der Waals surface area contributed by atoms with Gasteiger partial charge in [0.1, 0.15) is 5.82 Å². The van der Waals surface area contributed by atoms with E-state index in [4.69, 9.17) is 32.2 Å². The number of methoxy groups -OCH3 is 1. The standard InChI is InChI=1S/C24H28ClF4N6O2P/c1-36-23-33-15-9-17(18-13(24(27,28)29)5-6-14(30)20(18)26)37-11-12(15)22(34-23)35-8-4-7-32-16(10-35)19(25)21(31)38(2)3/h5-6,17,31-32H,4,7-11,30H2,1-3H3/b19-16+,31-21?. The predicted octanol–water partition coefficient (Wildman–Crippen LogP) is 5.01. The molecule has 0 aliphatic carbocycles. The second-order valence-electron chi connectivity index (χ2n) is 9.13. The van der Waals surface area contributed by atoms with Gasteiger partial charge in [-0.15, -0.1) is 0 Å². The molecule has 8 nitrogen and oxygen atoms in total. The molecule has 1 atom stereocenters. The highest BCUT2D eigenvalue weighted by Crippen LogP contribution is 2.43. The second-order valence-corrected chi connectivity index (χ2v) is 11.7. The maximum Gasteiger partial charge on any atom is 0.416 e. The summed E-state index contributed by atoms with van der Waals surface area (Å²) in [4.78, 5) is 10.9. The minimum absolute atomic E-state index is 0.0238. The molecule has 2 aliphatic rings. The zero-order valence-corrected chi connectivity index (χ0v) is 22.7. The largest absolute Gasteiger partial charge is 0.467 e. The molecule has 1 fully saturated rings. The van der Waals surface area contributed by atoms with E-state index in [1.54, 1.807) is 0 Å². The van der Waals surface area contributed by atoms with Crippen molar-refractivity contribution >= 4 is 36.5 Å². The molecular weight excluding hydrogens is 547 g/mol. The number of ether oxygens (including phenoxy) is 2. The fourth-order valence-corrected chi connectivity index (χ4v) is 5.60. The van der Waals surface area contributed by atoms with E-state index < -0.39 is 42.8 Å². The SMILES string of the molecule is COc1nc2c(c(N3CCCN/C(=C(/Cl)C(=N)P(C)C)C3)n1)COC(c1c(C(F)(F)F)ccc(N)c1F)C2. The average Bonchev–Trinajstić information content (AvgIpc) is 3.13. The number of anilines is 2. The Bertz CT molecular complexity index is 1270. The van der Waals surface area contributed by atoms with Crippen molar-refractivity contribution in [1.82, 2.24) is 15.3 Å². The first-order valence-corrected chi connectivity index (χ1v) is 14.4. The summed E-state index contributed by atoms with van der Waals surface area (Å²) >= 11 is 6.56. The van der Waals surface area contributed by atoms with Crippen LogP contribution in [0.1, 0.15) is 34.9 Å². The van der Waals surface area contributed by atoms with Crippen molar-refractivity contribution in [2.75, 3.05) is 50.7 Å². The Balaban J connectivity index is 1.74. The van der Waals surface area contributed by atoms with Crippen LogP contribution < -0.4 is 20.7 Å². The van der Waals surface area contributed by atoms with Crippen molar-refractivity contribution in [3.8, 4) is 6.01 Å². The number of rotatable bonds is 5. The Morgan fingerprint density at radius 1 is 1.32 bits per heavy atom. The van der Waals surface area contributed by atoms with Crippen LogP contribution >= 0.6 is 19.5 Å². The molecule has 2 aromatic rings. The van der Waals surface area contributed by atoms with Gasteiger partial charge in [-0.3, -0.25) is 5.41 Å². The highest BCUT2D eigenvalue weighted by molar-refractivity contribution is 7.74. The third-order valence-electron chi connectivity index (χ3n) is 6.39. The summed E-state index contributed by atoms with van der Waals surface area (Å²) in [5.41, 5.74) is 5.43. The molecule has 1 unspecified atom stereocenters. The summed E-state index contributed by atoms with van der Waals surface area (Å²) in [5, 5.41) is 12.0. The van der Waals surface area contributed by atoms with Crippen LogP contribution in [0.3, 0.4) is 0 Å². The summed E-state index contributed by atoms with van der Waals surface area (Å²) in [6, 6.07) is 1.68. The lowest BCUT2D eigenvalue weighted by Gasteiger charge is -2.31. The Morgan fingerprint density at radius 2 is 2.05 bits per heavy atom. The second kappa shape index (κ2) is 11.2. The van der Waals surface area contributed by atoms with Crippen LogP contribution in [0.2, 0.25) is 0 Å². The number of allylic oxidation sites excluding steroid dienone is 1. The smallest absolute Gasteiger partial charge is 0.416 e. The number of nitrogen functional groups attached to an aromatic ring is 1. The van der Waals surface area contributed by atoms with Crippen LogP contribution in [0.15, 0.2) is 22.9 Å². The minimum atomic E-state index is -4.80. The number of hydrogen-bond donors (Lipinski definition) is 3. The third-order valence-corrected chi connectivity index (χ3v) is 8.06. The van der Waals surface area contributed by atoms with Gasteiger partial charge in [-0.1, -0.05) is 19.5 Å². The van der Waals surface area contributed by atoms with Crippen LogP contribution in [0.5, 0.6) is 6.01 Å². The normalized spacial score (nSPS) is 19.5. The number of fused-ring (bicyclic) bond motifs is 1. The monoisotopic (exact) mass is 574 g/mol. The lowest BCUT2D eigenvalue weighted by Crippen LogP contribution is -2.32. The van der Waals surface area contributed by atoms with E-state index >= 15 is 0 Å². The van der Waals surface area contributed by atoms with Crippen molar-refractivity contribution in [3.05, 3.63) is 51.1 Å². The fraction of sp³-hybridized carbons (Fsp3) is 0.458. The third kappa shape index (κ3) is 5.67. The van der Waals surface area contributed by atoms with Gasteiger partial charge in [-0.2, -0.15) is 23.1 Å². The Kier molecular flexibility index (Phi) is 8.34. The van der Waals surface area contributed by atoms with Gasteiger partial charge in [0.25, 0.3) is 0 Å². The van der Waals surface area contributed by atoms with E-state index in [2.05, 4.69) is 15.3 Å². The first kappa shape index (κ1) is 28.3. The lowest BCUT2D eigenvalue weighted by atomic mass is 9.94. The predicted molar refractivity (Wildman–Crippen MR) is 140 cm³/mol. The van der Waals surface area contributed by atoms with E-state index in [0.29, 0.717) is 52.9 Å². The number of aromatic nitrogens is 2. The van der Waals surface area contributed by atoms with Crippen LogP contribution in [-0.2, 0) is 23.9 Å². The number of nitrogens with one attached hydrogen (secondary N) is 2. The molecule has 206 valence electrons. The minimum Gasteiger partial charge on any atom is -0.467 e. The van der Waals surface area contributed by atoms with E-state index in [-0.39, 0.29) is 19.0 Å². The summed E-state index contributed by atoms with van der Waals surface area (Å²) in [6.07, 6.45) is -5.46. The van der Waals surface area contributed by atoms with E-state index in [9.17, 15) is 17.6 Å². The molecule has 0 amide bonds. The molecule has 0 spiro atoms. The van der Waals surface area contributed by atoms with Gasteiger partial charge in [-0.25, -0.2) is 4.39 Å². The highest BCUT2D eigenvalue weighted by Gasteiger charge is 2.40. The average molecular weight is 575 g/mol. The number of benzene rings is 1. The van der Waals surface area contributed by atoms with Crippen LogP contribution in [-0.4, -0.2) is 55.5 Å². The molecule has 1 aromatic carbocycles.